The van der Waals surface area contributed by atoms with Crippen LogP contribution in [0.1, 0.15) is 11.1 Å². The van der Waals surface area contributed by atoms with Gasteiger partial charge in [-0.2, -0.15) is 0 Å². The molecule has 0 aliphatic carbocycles. The van der Waals surface area contributed by atoms with Crippen LogP contribution in [0.15, 0.2) is 36.4 Å². The van der Waals surface area contributed by atoms with E-state index in [4.69, 9.17) is 21.1 Å². The van der Waals surface area contributed by atoms with E-state index in [2.05, 4.69) is 25.1 Å². The summed E-state index contributed by atoms with van der Waals surface area (Å²) in [7, 11) is 3.32. The zero-order chi connectivity index (χ0) is 13.8. The lowest BCUT2D eigenvalue weighted by atomic mass is 10.00. The Morgan fingerprint density at radius 2 is 1.68 bits per heavy atom. The third-order valence-corrected chi connectivity index (χ3v) is 3.42. The number of hydrogen-bond acceptors (Lipinski definition) is 2. The maximum atomic E-state index is 6.16. The first-order valence-electron chi connectivity index (χ1n) is 6.08. The number of benzene rings is 2. The molecule has 2 aromatic carbocycles. The molecule has 0 heterocycles. The SMILES string of the molecule is COCc1ccc(-c2ccc(OC)c(Cl)c2)cc1C. The molecule has 0 aromatic heterocycles. The van der Waals surface area contributed by atoms with Crippen LogP contribution in [0.2, 0.25) is 5.02 Å². The summed E-state index contributed by atoms with van der Waals surface area (Å²) >= 11 is 6.16. The van der Waals surface area contributed by atoms with Gasteiger partial charge in [-0.05, 0) is 41.3 Å². The Bertz CT molecular complexity index is 579. The molecule has 19 heavy (non-hydrogen) atoms. The third kappa shape index (κ3) is 3.09. The lowest BCUT2D eigenvalue weighted by molar-refractivity contribution is 0.184. The van der Waals surface area contributed by atoms with Gasteiger partial charge in [-0.1, -0.05) is 35.9 Å². The molecule has 2 rings (SSSR count). The van der Waals surface area contributed by atoms with Crippen molar-refractivity contribution < 1.29 is 9.47 Å². The molecule has 0 spiro atoms. The van der Waals surface area contributed by atoms with E-state index < -0.39 is 0 Å². The van der Waals surface area contributed by atoms with Gasteiger partial charge in [0.2, 0.25) is 0 Å². The van der Waals surface area contributed by atoms with Crippen LogP contribution in [-0.4, -0.2) is 14.2 Å². The van der Waals surface area contributed by atoms with Gasteiger partial charge < -0.3 is 9.47 Å². The maximum absolute atomic E-state index is 6.16. The quantitative estimate of drug-likeness (QED) is 0.820. The molecule has 100 valence electrons. The number of methoxy groups -OCH3 is 2. The lowest BCUT2D eigenvalue weighted by Crippen LogP contribution is -1.92. The minimum Gasteiger partial charge on any atom is -0.495 e. The van der Waals surface area contributed by atoms with Crippen LogP contribution < -0.4 is 4.74 Å². The topological polar surface area (TPSA) is 18.5 Å². The van der Waals surface area contributed by atoms with Crippen molar-refractivity contribution in [3.8, 4) is 16.9 Å². The molecule has 2 nitrogen and oxygen atoms in total. The summed E-state index contributed by atoms with van der Waals surface area (Å²) in [4.78, 5) is 0. The van der Waals surface area contributed by atoms with Gasteiger partial charge in [-0.25, -0.2) is 0 Å². The van der Waals surface area contributed by atoms with Gasteiger partial charge >= 0.3 is 0 Å². The van der Waals surface area contributed by atoms with Gasteiger partial charge in [0.25, 0.3) is 0 Å². The molecule has 0 saturated carbocycles. The maximum Gasteiger partial charge on any atom is 0.137 e. The molecule has 0 amide bonds. The molecular weight excluding hydrogens is 260 g/mol. The molecule has 0 N–H and O–H groups in total. The van der Waals surface area contributed by atoms with E-state index in [0.717, 1.165) is 11.1 Å². The van der Waals surface area contributed by atoms with Crippen molar-refractivity contribution in [2.75, 3.05) is 14.2 Å². The second-order valence-corrected chi connectivity index (χ2v) is 4.83. The molecule has 0 atom stereocenters. The average molecular weight is 277 g/mol. The number of aryl methyl sites for hydroxylation is 1. The van der Waals surface area contributed by atoms with Crippen molar-refractivity contribution in [2.24, 2.45) is 0 Å². The van der Waals surface area contributed by atoms with E-state index in [-0.39, 0.29) is 0 Å². The Morgan fingerprint density at radius 3 is 2.26 bits per heavy atom. The Kier molecular flexibility index (Phi) is 4.46. The minimum atomic E-state index is 0.624. The van der Waals surface area contributed by atoms with Gasteiger partial charge in [-0.15, -0.1) is 0 Å². The van der Waals surface area contributed by atoms with Crippen molar-refractivity contribution in [3.63, 3.8) is 0 Å². The monoisotopic (exact) mass is 276 g/mol. The molecule has 2 aromatic rings. The summed E-state index contributed by atoms with van der Waals surface area (Å²) in [5.41, 5.74) is 4.64. The van der Waals surface area contributed by atoms with Crippen molar-refractivity contribution in [3.05, 3.63) is 52.5 Å². The van der Waals surface area contributed by atoms with Crippen LogP contribution in [0.4, 0.5) is 0 Å². The van der Waals surface area contributed by atoms with Crippen LogP contribution in [0.3, 0.4) is 0 Å². The van der Waals surface area contributed by atoms with E-state index in [0.29, 0.717) is 17.4 Å². The molecule has 0 saturated heterocycles. The smallest absolute Gasteiger partial charge is 0.137 e. The zero-order valence-electron chi connectivity index (χ0n) is 11.4. The number of ether oxygens (including phenoxy) is 2. The number of rotatable bonds is 4. The molecular formula is C16H17ClO2. The molecule has 0 fully saturated rings. The van der Waals surface area contributed by atoms with Crippen molar-refractivity contribution >= 4 is 11.6 Å². The molecule has 3 heteroatoms. The van der Waals surface area contributed by atoms with E-state index in [1.165, 1.54) is 11.1 Å². The van der Waals surface area contributed by atoms with Gasteiger partial charge in [-0.3, -0.25) is 0 Å². The predicted octanol–water partition coefficient (Wildman–Crippen LogP) is 4.47. The fraction of sp³-hybridized carbons (Fsp3) is 0.250. The second-order valence-electron chi connectivity index (χ2n) is 4.42. The standard InChI is InChI=1S/C16H17ClO2/c1-11-8-12(4-5-14(11)10-18-2)13-6-7-16(19-3)15(17)9-13/h4-9H,10H2,1-3H3. The third-order valence-electron chi connectivity index (χ3n) is 3.13. The Morgan fingerprint density at radius 1 is 1.00 bits per heavy atom. The van der Waals surface area contributed by atoms with Crippen LogP contribution in [0.5, 0.6) is 5.75 Å². The lowest BCUT2D eigenvalue weighted by Gasteiger charge is -2.10. The van der Waals surface area contributed by atoms with Crippen molar-refractivity contribution in [1.82, 2.24) is 0 Å². The first-order chi connectivity index (χ1) is 9.15. The van der Waals surface area contributed by atoms with E-state index >= 15 is 0 Å². The minimum absolute atomic E-state index is 0.624. The Balaban J connectivity index is 2.36. The summed E-state index contributed by atoms with van der Waals surface area (Å²) in [6.07, 6.45) is 0. The number of halogens is 1. The summed E-state index contributed by atoms with van der Waals surface area (Å²) in [6, 6.07) is 12.1. The average Bonchev–Trinajstić information content (AvgIpc) is 2.41. The summed E-state index contributed by atoms with van der Waals surface area (Å²) in [5.74, 6) is 0.693. The van der Waals surface area contributed by atoms with E-state index in [9.17, 15) is 0 Å². The fourth-order valence-corrected chi connectivity index (χ4v) is 2.30. The first kappa shape index (κ1) is 13.9. The van der Waals surface area contributed by atoms with Crippen LogP contribution >= 0.6 is 11.6 Å². The van der Waals surface area contributed by atoms with Gasteiger partial charge in [0.05, 0.1) is 18.7 Å². The molecule has 0 aliphatic rings. The van der Waals surface area contributed by atoms with Crippen molar-refractivity contribution in [1.29, 1.82) is 0 Å². The van der Waals surface area contributed by atoms with Gasteiger partial charge in [0, 0.05) is 7.11 Å². The molecule has 0 radical (unpaired) electrons. The Labute approximate surface area is 118 Å². The largest absolute Gasteiger partial charge is 0.495 e. The summed E-state index contributed by atoms with van der Waals surface area (Å²) < 4.78 is 10.3. The first-order valence-corrected chi connectivity index (χ1v) is 6.46. The van der Waals surface area contributed by atoms with E-state index in [1.54, 1.807) is 14.2 Å². The second kappa shape index (κ2) is 6.09. The van der Waals surface area contributed by atoms with Crippen LogP contribution in [0.25, 0.3) is 11.1 Å². The van der Waals surface area contributed by atoms with E-state index in [1.807, 2.05) is 18.2 Å². The van der Waals surface area contributed by atoms with Gasteiger partial charge in [0.15, 0.2) is 0 Å². The summed E-state index contributed by atoms with van der Waals surface area (Å²) in [6.45, 7) is 2.72. The highest BCUT2D eigenvalue weighted by atomic mass is 35.5. The highest BCUT2D eigenvalue weighted by molar-refractivity contribution is 6.32. The number of hydrogen-bond donors (Lipinski definition) is 0. The molecule has 0 unspecified atom stereocenters. The van der Waals surface area contributed by atoms with Crippen LogP contribution in [-0.2, 0) is 11.3 Å². The molecule has 0 aliphatic heterocycles. The molecule has 0 bridgehead atoms. The van der Waals surface area contributed by atoms with Gasteiger partial charge in [0.1, 0.15) is 5.75 Å². The highest BCUT2D eigenvalue weighted by Gasteiger charge is 2.05. The highest BCUT2D eigenvalue weighted by Crippen LogP contribution is 2.31. The van der Waals surface area contributed by atoms with Crippen LogP contribution in [0, 0.1) is 6.92 Å². The fourth-order valence-electron chi connectivity index (χ4n) is 2.04. The Hall–Kier alpha value is -1.51. The summed E-state index contributed by atoms with van der Waals surface area (Å²) in [5, 5.41) is 0.624. The van der Waals surface area contributed by atoms with Crippen molar-refractivity contribution in [2.45, 2.75) is 13.5 Å². The normalized spacial score (nSPS) is 10.5. The predicted molar refractivity (Wildman–Crippen MR) is 78.9 cm³/mol. The zero-order valence-corrected chi connectivity index (χ0v) is 12.1.